The van der Waals surface area contributed by atoms with Crippen molar-refractivity contribution in [1.29, 1.82) is 0 Å². The lowest BCUT2D eigenvalue weighted by Crippen LogP contribution is -2.00. The minimum atomic E-state index is 1.03. The second kappa shape index (κ2) is 15.2. The molecule has 0 N–H and O–H groups in total. The molecule has 0 heterocycles. The molecule has 18 heavy (non-hydrogen) atoms. The van der Waals surface area contributed by atoms with E-state index in [0.717, 1.165) is 5.92 Å². The van der Waals surface area contributed by atoms with Gasteiger partial charge >= 0.3 is 0 Å². The van der Waals surface area contributed by atoms with E-state index < -0.39 is 0 Å². The Morgan fingerprint density at radius 3 is 1.94 bits per heavy atom. The molecule has 0 aromatic rings. The van der Waals surface area contributed by atoms with Crippen LogP contribution in [0.5, 0.6) is 0 Å². The molecule has 0 radical (unpaired) electrons. The van der Waals surface area contributed by atoms with Crippen LogP contribution in [-0.4, -0.2) is 5.80 Å². The molecule has 0 aliphatic carbocycles. The average molecular weight is 270 g/mol. The third kappa shape index (κ3) is 12.6. The first-order valence-corrected chi connectivity index (χ1v) is 8.91. The minimum absolute atomic E-state index is 1.03. The summed E-state index contributed by atoms with van der Waals surface area (Å²) in [7, 11) is 3.41. The molecule has 0 spiro atoms. The highest BCUT2D eigenvalue weighted by Gasteiger charge is 2.06. The molecular weight excluding hydrogens is 235 g/mol. The molecule has 0 nitrogen and oxygen atoms in total. The number of hydrogen-bond donors (Lipinski definition) is 0. The van der Waals surface area contributed by atoms with Crippen molar-refractivity contribution in [3.8, 4) is 0 Å². The Morgan fingerprint density at radius 1 is 0.722 bits per heavy atom. The summed E-state index contributed by atoms with van der Waals surface area (Å²) in [5.41, 5.74) is 0. The zero-order valence-electron chi connectivity index (χ0n) is 12.8. The van der Waals surface area contributed by atoms with E-state index >= 15 is 0 Å². The van der Waals surface area contributed by atoms with Crippen LogP contribution in [0.2, 0.25) is 0 Å². The summed E-state index contributed by atoms with van der Waals surface area (Å²) in [6.07, 6.45) is 18.4. The molecule has 0 saturated carbocycles. The fourth-order valence-corrected chi connectivity index (χ4v) is 2.92. The van der Waals surface area contributed by atoms with E-state index in [4.69, 9.17) is 0 Å². The van der Waals surface area contributed by atoms with Crippen molar-refractivity contribution in [2.45, 2.75) is 97.3 Å². The summed E-state index contributed by atoms with van der Waals surface area (Å²) < 4.78 is 0. The van der Waals surface area contributed by atoms with Crippen LogP contribution < -0.4 is 0 Å². The highest BCUT2D eigenvalue weighted by Crippen LogP contribution is 2.22. The van der Waals surface area contributed by atoms with E-state index in [9.17, 15) is 0 Å². The maximum Gasteiger partial charge on any atom is -0.0310 e. The van der Waals surface area contributed by atoms with Crippen molar-refractivity contribution >= 4 is 14.7 Å². The molecule has 0 aliphatic heterocycles. The van der Waals surface area contributed by atoms with Crippen LogP contribution in [-0.2, 0) is 0 Å². The van der Waals surface area contributed by atoms with E-state index in [1.165, 1.54) is 83.5 Å². The lowest BCUT2D eigenvalue weighted by molar-refractivity contribution is 0.383. The first kappa shape index (κ1) is 18.2. The molecule has 0 aromatic carbocycles. The fraction of sp³-hybridized carbons (Fsp3) is 0.941. The Bertz CT molecular complexity index is 165. The fourth-order valence-electron chi connectivity index (χ4n) is 2.72. The van der Waals surface area contributed by atoms with E-state index in [-0.39, 0.29) is 0 Å². The topological polar surface area (TPSA) is 0 Å². The Labute approximate surface area is 118 Å². The van der Waals surface area contributed by atoms with E-state index in [2.05, 4.69) is 28.5 Å². The van der Waals surface area contributed by atoms with Gasteiger partial charge in [-0.3, -0.25) is 0 Å². The van der Waals surface area contributed by atoms with Gasteiger partial charge in [-0.2, -0.15) is 0 Å². The second-order valence-corrected chi connectivity index (χ2v) is 6.11. The Hall–Kier alpha value is 0.170. The third-order valence-electron chi connectivity index (χ3n) is 3.87. The molecule has 0 amide bonds. The van der Waals surface area contributed by atoms with Crippen molar-refractivity contribution < 1.29 is 0 Å². The zero-order valence-corrected chi connectivity index (χ0v) is 13.8. The van der Waals surface area contributed by atoms with E-state index in [1.54, 1.807) is 0 Å². The molecule has 0 saturated heterocycles. The Balaban J connectivity index is 3.33. The summed E-state index contributed by atoms with van der Waals surface area (Å²) >= 11 is 0. The van der Waals surface area contributed by atoms with Crippen molar-refractivity contribution in [1.82, 2.24) is 0 Å². The van der Waals surface area contributed by atoms with Crippen molar-refractivity contribution in [3.63, 3.8) is 0 Å². The third-order valence-corrected chi connectivity index (χ3v) is 4.16. The summed E-state index contributed by atoms with van der Waals surface area (Å²) in [5.74, 6) is 3.13. The van der Waals surface area contributed by atoms with Gasteiger partial charge in [-0.15, -0.1) is 8.86 Å². The smallest absolute Gasteiger partial charge is 0.0310 e. The summed E-state index contributed by atoms with van der Waals surface area (Å²) in [6.45, 7) is 4.65. The van der Waals surface area contributed by atoms with Gasteiger partial charge in [-0.05, 0) is 18.8 Å². The summed E-state index contributed by atoms with van der Waals surface area (Å²) in [4.78, 5) is 0. The second-order valence-electron chi connectivity index (χ2n) is 5.70. The molecule has 1 atom stereocenters. The molecular formula is C17H35P. The van der Waals surface area contributed by atoms with Crippen molar-refractivity contribution in [3.05, 3.63) is 0 Å². The highest BCUT2D eigenvalue weighted by atomic mass is 31.0. The molecule has 0 aromatic heterocycles. The van der Waals surface area contributed by atoms with Crippen LogP contribution in [0.4, 0.5) is 0 Å². The number of hydrogen-bond acceptors (Lipinski definition) is 0. The van der Waals surface area contributed by atoms with Gasteiger partial charge in [-0.1, -0.05) is 90.3 Å². The summed E-state index contributed by atoms with van der Waals surface area (Å²) in [6, 6.07) is 0. The van der Waals surface area contributed by atoms with Crippen LogP contribution >= 0.6 is 8.86 Å². The average Bonchev–Trinajstić information content (AvgIpc) is 2.39. The lowest BCUT2D eigenvalue weighted by Gasteiger charge is -2.15. The van der Waals surface area contributed by atoms with Crippen LogP contribution in [0.15, 0.2) is 0 Å². The Morgan fingerprint density at radius 2 is 1.33 bits per heavy atom. The van der Waals surface area contributed by atoms with Gasteiger partial charge < -0.3 is 0 Å². The molecule has 1 heteroatoms. The first-order valence-electron chi connectivity index (χ1n) is 8.34. The van der Waals surface area contributed by atoms with Crippen LogP contribution in [0.3, 0.4) is 0 Å². The highest BCUT2D eigenvalue weighted by molar-refractivity contribution is 7.18. The largest absolute Gasteiger partial charge is 0.127 e. The molecule has 1 unspecified atom stereocenters. The van der Waals surface area contributed by atoms with Gasteiger partial charge in [0.2, 0.25) is 0 Å². The molecule has 0 rings (SSSR count). The van der Waals surface area contributed by atoms with E-state index in [1.807, 2.05) is 0 Å². The quantitative estimate of drug-likeness (QED) is 0.244. The zero-order chi connectivity index (χ0) is 13.5. The maximum absolute atomic E-state index is 3.41. The van der Waals surface area contributed by atoms with E-state index in [0.29, 0.717) is 0 Å². The monoisotopic (exact) mass is 270 g/mol. The maximum atomic E-state index is 3.41. The van der Waals surface area contributed by atoms with Crippen LogP contribution in [0.25, 0.3) is 0 Å². The Kier molecular flexibility index (Phi) is 15.4. The summed E-state index contributed by atoms with van der Waals surface area (Å²) in [5, 5.41) is 0. The van der Waals surface area contributed by atoms with Gasteiger partial charge in [0.05, 0.1) is 0 Å². The van der Waals surface area contributed by atoms with Crippen molar-refractivity contribution in [2.24, 2.45) is 5.92 Å². The van der Waals surface area contributed by atoms with Crippen LogP contribution in [0.1, 0.15) is 97.3 Å². The minimum Gasteiger partial charge on any atom is -0.127 e. The number of unbranched alkanes of at least 4 members (excludes halogenated alkanes) is 7. The van der Waals surface area contributed by atoms with Gasteiger partial charge in [-0.25, -0.2) is 0 Å². The van der Waals surface area contributed by atoms with Gasteiger partial charge in [0.15, 0.2) is 0 Å². The first-order chi connectivity index (χ1) is 8.85. The predicted molar refractivity (Wildman–Crippen MR) is 89.2 cm³/mol. The number of rotatable bonds is 14. The molecule has 108 valence electrons. The van der Waals surface area contributed by atoms with Gasteiger partial charge in [0.25, 0.3) is 0 Å². The predicted octanol–water partition coefficient (Wildman–Crippen LogP) is 6.66. The van der Waals surface area contributed by atoms with Gasteiger partial charge in [0.1, 0.15) is 0 Å². The standard InChI is InChI=1S/C17H35P/c1-3-5-14-17(13-4-2)15-11-9-7-6-8-10-12-16-18/h16-18H,3-15H2,1-2H3. The van der Waals surface area contributed by atoms with Crippen molar-refractivity contribution in [2.75, 3.05) is 0 Å². The van der Waals surface area contributed by atoms with Gasteiger partial charge in [0, 0.05) is 0 Å². The molecule has 0 fully saturated rings. The molecule has 0 aliphatic rings. The normalized spacial score (nSPS) is 12.6. The molecule has 0 bridgehead atoms. The lowest BCUT2D eigenvalue weighted by atomic mass is 9.91. The SMILES string of the molecule is CCCCC(CCC)CCCCCCCCC=P. The van der Waals surface area contributed by atoms with Crippen LogP contribution in [0, 0.1) is 5.92 Å².